The average molecular weight is 534 g/mol. The zero-order valence-electron chi connectivity index (χ0n) is 19.3. The molecule has 1 aromatic heterocycles. The van der Waals surface area contributed by atoms with Crippen molar-refractivity contribution in [1.29, 1.82) is 0 Å². The van der Waals surface area contributed by atoms with Crippen LogP contribution < -0.4 is 5.32 Å². The molecule has 0 spiro atoms. The number of hydrogen-bond acceptors (Lipinski definition) is 6. The molecule has 0 amide bonds. The number of methoxy groups -OCH3 is 1. The summed E-state index contributed by atoms with van der Waals surface area (Å²) in [5, 5.41) is 1.72. The Morgan fingerprint density at radius 1 is 1.19 bits per heavy atom. The number of carbonyl (C=O) groups excluding carboxylic acids is 2. The van der Waals surface area contributed by atoms with Gasteiger partial charge in [-0.25, -0.2) is 23.4 Å². The molecule has 0 saturated heterocycles. The third-order valence-corrected chi connectivity index (χ3v) is 5.56. The van der Waals surface area contributed by atoms with Crippen LogP contribution in [0.3, 0.4) is 0 Å². The van der Waals surface area contributed by atoms with Crippen LogP contribution in [0.4, 0.5) is 22.0 Å². The van der Waals surface area contributed by atoms with Crippen LogP contribution in [0.15, 0.2) is 53.4 Å². The third-order valence-electron chi connectivity index (χ3n) is 5.24. The molecule has 1 unspecified atom stereocenters. The van der Waals surface area contributed by atoms with E-state index in [9.17, 15) is 27.2 Å². The number of esters is 2. The van der Waals surface area contributed by atoms with Gasteiger partial charge in [-0.1, -0.05) is 11.6 Å². The second kappa shape index (κ2) is 10.7. The number of carbonyl (C=O) groups is 2. The predicted octanol–water partition coefficient (Wildman–Crippen LogP) is 4.68. The van der Waals surface area contributed by atoms with Crippen molar-refractivity contribution in [3.05, 3.63) is 75.4 Å². The van der Waals surface area contributed by atoms with Crippen LogP contribution in [0.25, 0.3) is 0 Å². The average Bonchev–Trinajstić information content (AvgIpc) is 3.30. The fraction of sp³-hybridized carbons (Fsp3) is 0.348. The zero-order chi connectivity index (χ0) is 26.8. The van der Waals surface area contributed by atoms with Crippen molar-refractivity contribution in [3.63, 3.8) is 0 Å². The molecule has 7 nitrogen and oxygen atoms in total. The fourth-order valence-corrected chi connectivity index (χ4v) is 4.17. The lowest BCUT2D eigenvalue weighted by atomic mass is 9.77. The fourth-order valence-electron chi connectivity index (χ4n) is 3.90. The van der Waals surface area contributed by atoms with E-state index in [1.807, 2.05) is 0 Å². The van der Waals surface area contributed by atoms with E-state index in [2.05, 4.69) is 15.0 Å². The van der Waals surface area contributed by atoms with Gasteiger partial charge >= 0.3 is 18.1 Å². The van der Waals surface area contributed by atoms with E-state index in [-0.39, 0.29) is 12.2 Å². The van der Waals surface area contributed by atoms with Crippen LogP contribution >= 0.6 is 11.6 Å². The van der Waals surface area contributed by atoms with Gasteiger partial charge in [-0.05, 0) is 26.0 Å². The smallest absolute Gasteiger partial charge is 0.418 e. The summed E-state index contributed by atoms with van der Waals surface area (Å²) in [7, 11) is 0.915. The SMILES string of the molecule is COC(=O)C1=C(CF)NC(Cn2ccnc2)=C(C(=O)OC(C)C)C1c1c(F)ccc(Cl)c1C(F)(F)F. The van der Waals surface area contributed by atoms with Crippen LogP contribution in [0, 0.1) is 5.82 Å². The van der Waals surface area contributed by atoms with E-state index in [1.165, 1.54) is 37.1 Å². The van der Waals surface area contributed by atoms with E-state index in [4.69, 9.17) is 16.3 Å². The highest BCUT2D eigenvalue weighted by atomic mass is 35.5. The molecule has 2 heterocycles. The molecule has 36 heavy (non-hydrogen) atoms. The molecule has 0 fully saturated rings. The summed E-state index contributed by atoms with van der Waals surface area (Å²) < 4.78 is 83.3. The summed E-state index contributed by atoms with van der Waals surface area (Å²) in [6, 6.07) is 1.37. The topological polar surface area (TPSA) is 82.5 Å². The normalized spacial score (nSPS) is 16.3. The van der Waals surface area contributed by atoms with Gasteiger partial charge in [0, 0.05) is 23.7 Å². The molecule has 1 N–H and O–H groups in total. The molecule has 2 aromatic rings. The lowest BCUT2D eigenvalue weighted by Gasteiger charge is -2.33. The van der Waals surface area contributed by atoms with Crippen molar-refractivity contribution in [2.75, 3.05) is 13.8 Å². The minimum atomic E-state index is -5.20. The predicted molar refractivity (Wildman–Crippen MR) is 118 cm³/mol. The number of nitrogens with zero attached hydrogens (tertiary/aromatic N) is 2. The Labute approximate surface area is 207 Å². The minimum absolute atomic E-state index is 0.128. The van der Waals surface area contributed by atoms with Gasteiger partial charge in [-0.3, -0.25) is 0 Å². The standard InChI is InChI=1S/C23H21ClF5N3O4/c1-11(2)36-22(34)18-15(9-32-7-6-30-10-32)31-14(8-25)17(21(33)35-3)19(18)16-13(26)5-4-12(24)20(16)23(27,28)29/h4-7,10-11,19,31H,8-9H2,1-3H3. The van der Waals surface area contributed by atoms with E-state index >= 15 is 4.39 Å². The van der Waals surface area contributed by atoms with Gasteiger partial charge in [0.25, 0.3) is 0 Å². The molecular formula is C23H21ClF5N3O4. The molecule has 0 bridgehead atoms. The van der Waals surface area contributed by atoms with Crippen LogP contribution in [0.5, 0.6) is 0 Å². The van der Waals surface area contributed by atoms with Gasteiger partial charge in [-0.15, -0.1) is 0 Å². The monoisotopic (exact) mass is 533 g/mol. The maximum absolute atomic E-state index is 15.3. The Bertz CT molecular complexity index is 1220. The van der Waals surface area contributed by atoms with E-state index in [0.717, 1.165) is 7.11 Å². The minimum Gasteiger partial charge on any atom is -0.466 e. The number of aromatic nitrogens is 2. The van der Waals surface area contributed by atoms with Crippen LogP contribution in [-0.2, 0) is 31.8 Å². The summed E-state index contributed by atoms with van der Waals surface area (Å²) in [4.78, 5) is 29.9. The van der Waals surface area contributed by atoms with E-state index in [1.54, 1.807) is 0 Å². The molecule has 194 valence electrons. The lowest BCUT2D eigenvalue weighted by Crippen LogP contribution is -2.37. The summed E-state index contributed by atoms with van der Waals surface area (Å²) >= 11 is 5.85. The number of hydrogen-bond donors (Lipinski definition) is 1. The number of nitrogens with one attached hydrogen (secondary N) is 1. The molecule has 0 radical (unpaired) electrons. The molecule has 1 aliphatic rings. The van der Waals surface area contributed by atoms with Crippen molar-refractivity contribution < 1.29 is 41.0 Å². The maximum atomic E-state index is 15.3. The highest BCUT2D eigenvalue weighted by Crippen LogP contribution is 2.48. The van der Waals surface area contributed by atoms with E-state index in [0.29, 0.717) is 12.1 Å². The lowest BCUT2D eigenvalue weighted by molar-refractivity contribution is -0.144. The molecule has 0 saturated carbocycles. The zero-order valence-corrected chi connectivity index (χ0v) is 20.0. The number of ether oxygens (including phenoxy) is 2. The molecule has 0 aliphatic carbocycles. The summed E-state index contributed by atoms with van der Waals surface area (Å²) in [6.07, 6.45) is -1.72. The molecule has 1 aliphatic heterocycles. The quantitative estimate of drug-likeness (QED) is 0.411. The number of benzene rings is 1. The summed E-state index contributed by atoms with van der Waals surface area (Å²) in [5.41, 5.74) is -4.65. The van der Waals surface area contributed by atoms with Crippen molar-refractivity contribution in [2.45, 2.75) is 38.6 Å². The van der Waals surface area contributed by atoms with Gasteiger partial charge in [-0.2, -0.15) is 13.2 Å². The molecule has 13 heteroatoms. The molecule has 1 aromatic carbocycles. The number of halogens is 6. The maximum Gasteiger partial charge on any atom is 0.418 e. The summed E-state index contributed by atoms with van der Waals surface area (Å²) in [5.74, 6) is -5.91. The first-order valence-corrected chi connectivity index (χ1v) is 10.9. The first-order valence-electron chi connectivity index (χ1n) is 10.5. The Hall–Kier alpha value is -3.41. The first kappa shape index (κ1) is 27.2. The second-order valence-electron chi connectivity index (χ2n) is 7.97. The number of dihydropyridines is 1. The third kappa shape index (κ3) is 5.38. The Balaban J connectivity index is 2.45. The van der Waals surface area contributed by atoms with Gasteiger partial charge in [0.05, 0.1) is 59.4 Å². The number of rotatable bonds is 7. The number of alkyl halides is 4. The molecule has 3 rings (SSSR count). The van der Waals surface area contributed by atoms with Crippen molar-refractivity contribution in [2.24, 2.45) is 0 Å². The van der Waals surface area contributed by atoms with Crippen molar-refractivity contribution in [3.8, 4) is 0 Å². The Kier molecular flexibility index (Phi) is 8.07. The van der Waals surface area contributed by atoms with Crippen LogP contribution in [0.2, 0.25) is 5.02 Å². The van der Waals surface area contributed by atoms with Crippen molar-refractivity contribution in [1.82, 2.24) is 14.9 Å². The van der Waals surface area contributed by atoms with Crippen molar-refractivity contribution >= 4 is 23.5 Å². The van der Waals surface area contributed by atoms with Gasteiger partial charge in [0.15, 0.2) is 0 Å². The van der Waals surface area contributed by atoms with Gasteiger partial charge in [0.1, 0.15) is 12.5 Å². The van der Waals surface area contributed by atoms with Crippen LogP contribution in [-0.4, -0.2) is 41.4 Å². The summed E-state index contributed by atoms with van der Waals surface area (Å²) in [6.45, 7) is 1.39. The second-order valence-corrected chi connectivity index (χ2v) is 8.38. The van der Waals surface area contributed by atoms with Gasteiger partial charge < -0.3 is 19.4 Å². The van der Waals surface area contributed by atoms with E-state index < -0.39 is 75.6 Å². The Morgan fingerprint density at radius 2 is 1.86 bits per heavy atom. The number of imidazole rings is 1. The molecular weight excluding hydrogens is 513 g/mol. The van der Waals surface area contributed by atoms with Crippen LogP contribution in [0.1, 0.15) is 30.9 Å². The number of allylic oxidation sites excluding steroid dienone is 2. The van der Waals surface area contributed by atoms with Gasteiger partial charge in [0.2, 0.25) is 0 Å². The Morgan fingerprint density at radius 3 is 2.39 bits per heavy atom. The highest BCUT2D eigenvalue weighted by molar-refractivity contribution is 6.31. The first-order chi connectivity index (χ1) is 16.9. The molecule has 1 atom stereocenters. The highest BCUT2D eigenvalue weighted by Gasteiger charge is 2.47. The largest absolute Gasteiger partial charge is 0.466 e.